The number of ether oxygens (including phenoxy) is 3. The summed E-state index contributed by atoms with van der Waals surface area (Å²) >= 11 is 0. The van der Waals surface area contributed by atoms with Gasteiger partial charge in [-0.25, -0.2) is 0 Å². The van der Waals surface area contributed by atoms with Gasteiger partial charge in [0.2, 0.25) is 0 Å². The highest BCUT2D eigenvalue weighted by atomic mass is 16.5. The van der Waals surface area contributed by atoms with E-state index in [0.717, 1.165) is 5.75 Å². The molecule has 4 N–H and O–H groups in total. The Bertz CT molecular complexity index is 542. The highest BCUT2D eigenvalue weighted by Gasteiger charge is 2.04. The molecule has 0 saturated carbocycles. The summed E-state index contributed by atoms with van der Waals surface area (Å²) in [7, 11) is 1.62. The zero-order chi connectivity index (χ0) is 15.7. The van der Waals surface area contributed by atoms with Crippen molar-refractivity contribution in [2.75, 3.05) is 19.6 Å². The summed E-state index contributed by atoms with van der Waals surface area (Å²) in [6, 6.07) is 12.4. The Morgan fingerprint density at radius 1 is 0.905 bits per heavy atom. The first-order chi connectivity index (χ1) is 10.2. The van der Waals surface area contributed by atoms with Crippen LogP contribution < -0.4 is 25.7 Å². The molecule has 21 heavy (non-hydrogen) atoms. The Balaban J connectivity index is 0.00000106. The van der Waals surface area contributed by atoms with Gasteiger partial charge in [-0.2, -0.15) is 0 Å². The predicted octanol–water partition coefficient (Wildman–Crippen LogP) is 3.39. The highest BCUT2D eigenvalue weighted by Crippen LogP contribution is 2.31. The van der Waals surface area contributed by atoms with Gasteiger partial charge >= 0.3 is 0 Å². The number of rotatable bonds is 5. The first kappa shape index (κ1) is 16.7. The van der Waals surface area contributed by atoms with Crippen molar-refractivity contribution in [1.29, 1.82) is 0 Å². The number of methoxy groups -OCH3 is 1. The van der Waals surface area contributed by atoms with Crippen LogP contribution in [0.1, 0.15) is 13.8 Å². The van der Waals surface area contributed by atoms with Crippen LogP contribution in [0.4, 0.5) is 5.69 Å². The second kappa shape index (κ2) is 8.71. The lowest BCUT2D eigenvalue weighted by atomic mass is 10.2. The van der Waals surface area contributed by atoms with E-state index in [4.69, 9.17) is 25.7 Å². The monoisotopic (exact) mass is 290 g/mol. The molecule has 0 amide bonds. The van der Waals surface area contributed by atoms with E-state index >= 15 is 0 Å². The van der Waals surface area contributed by atoms with Gasteiger partial charge in [0.15, 0.2) is 5.75 Å². The van der Waals surface area contributed by atoms with Crippen molar-refractivity contribution in [3.8, 4) is 23.0 Å². The molecule has 0 aliphatic rings. The van der Waals surface area contributed by atoms with Crippen molar-refractivity contribution in [2.45, 2.75) is 13.8 Å². The van der Waals surface area contributed by atoms with Crippen LogP contribution in [0.2, 0.25) is 0 Å². The molecule has 0 unspecified atom stereocenters. The average molecular weight is 290 g/mol. The lowest BCUT2D eigenvalue weighted by Gasteiger charge is -2.10. The van der Waals surface area contributed by atoms with Crippen LogP contribution in [0.5, 0.6) is 23.0 Å². The van der Waals surface area contributed by atoms with E-state index in [1.54, 1.807) is 25.3 Å². The third-order valence-corrected chi connectivity index (χ3v) is 2.52. The van der Waals surface area contributed by atoms with E-state index in [1.807, 2.05) is 38.1 Å². The fourth-order valence-electron chi connectivity index (χ4n) is 1.58. The Kier molecular flexibility index (Phi) is 6.91. The molecule has 2 aromatic rings. The molecule has 0 bridgehead atoms. The minimum Gasteiger partial charge on any atom is -0.497 e. The zero-order valence-corrected chi connectivity index (χ0v) is 12.6. The third kappa shape index (κ3) is 4.89. The van der Waals surface area contributed by atoms with E-state index in [0.29, 0.717) is 22.9 Å². The van der Waals surface area contributed by atoms with Gasteiger partial charge < -0.3 is 19.9 Å². The van der Waals surface area contributed by atoms with E-state index in [-0.39, 0.29) is 6.73 Å². The van der Waals surface area contributed by atoms with Crippen LogP contribution in [-0.2, 0) is 0 Å². The van der Waals surface area contributed by atoms with Gasteiger partial charge in [-0.15, -0.1) is 0 Å². The number of hydrogen-bond acceptors (Lipinski definition) is 5. The fourth-order valence-corrected chi connectivity index (χ4v) is 1.58. The van der Waals surface area contributed by atoms with Crippen molar-refractivity contribution in [3.63, 3.8) is 0 Å². The maximum absolute atomic E-state index is 5.89. The van der Waals surface area contributed by atoms with Gasteiger partial charge in [-0.05, 0) is 36.4 Å². The van der Waals surface area contributed by atoms with Crippen LogP contribution >= 0.6 is 0 Å². The number of nitrogens with two attached hydrogens (primary N) is 2. The fraction of sp³-hybridized carbons (Fsp3) is 0.250. The summed E-state index contributed by atoms with van der Waals surface area (Å²) in [5.41, 5.74) is 11.7. The largest absolute Gasteiger partial charge is 0.497 e. The quantitative estimate of drug-likeness (QED) is 0.651. The first-order valence-corrected chi connectivity index (χ1v) is 6.77. The average Bonchev–Trinajstić information content (AvgIpc) is 2.53. The number of benzene rings is 2. The van der Waals surface area contributed by atoms with Gasteiger partial charge in [0.05, 0.1) is 12.8 Å². The molecule has 5 nitrogen and oxygen atoms in total. The topological polar surface area (TPSA) is 79.7 Å². The Labute approximate surface area is 125 Å². The van der Waals surface area contributed by atoms with Gasteiger partial charge in [0.1, 0.15) is 24.0 Å². The maximum atomic E-state index is 5.89. The van der Waals surface area contributed by atoms with Gasteiger partial charge in [-0.1, -0.05) is 13.8 Å². The van der Waals surface area contributed by atoms with Crippen LogP contribution in [0.3, 0.4) is 0 Å². The van der Waals surface area contributed by atoms with Crippen molar-refractivity contribution < 1.29 is 14.2 Å². The molecule has 2 rings (SSSR count). The summed E-state index contributed by atoms with van der Waals surface area (Å²) in [6.45, 7) is 4.11. The smallest absolute Gasteiger partial charge is 0.150 e. The minimum atomic E-state index is 0.109. The molecular weight excluding hydrogens is 268 g/mol. The molecule has 0 atom stereocenters. The minimum absolute atomic E-state index is 0.109. The molecular formula is C16H22N2O3. The summed E-state index contributed by atoms with van der Waals surface area (Å²) in [5.74, 6) is 2.63. The molecule has 0 aliphatic heterocycles. The summed E-state index contributed by atoms with van der Waals surface area (Å²) in [6.07, 6.45) is 0. The van der Waals surface area contributed by atoms with E-state index in [1.165, 1.54) is 0 Å². The van der Waals surface area contributed by atoms with Crippen molar-refractivity contribution >= 4 is 5.69 Å². The van der Waals surface area contributed by atoms with Gasteiger partial charge in [-0.3, -0.25) is 5.73 Å². The van der Waals surface area contributed by atoms with Crippen LogP contribution in [0.25, 0.3) is 0 Å². The first-order valence-electron chi connectivity index (χ1n) is 6.77. The van der Waals surface area contributed by atoms with Gasteiger partial charge in [0, 0.05) is 6.07 Å². The van der Waals surface area contributed by atoms with E-state index < -0.39 is 0 Å². The lowest BCUT2D eigenvalue weighted by molar-refractivity contribution is 0.329. The predicted molar refractivity (Wildman–Crippen MR) is 85.0 cm³/mol. The second-order valence-corrected chi connectivity index (χ2v) is 3.79. The summed E-state index contributed by atoms with van der Waals surface area (Å²) < 4.78 is 15.9. The number of anilines is 1. The van der Waals surface area contributed by atoms with Crippen molar-refractivity contribution in [3.05, 3.63) is 42.5 Å². The SMILES string of the molecule is CC.COc1ccc(Oc2ccc(OCN)cc2N)cc1. The zero-order valence-electron chi connectivity index (χ0n) is 12.6. The molecule has 0 spiro atoms. The second-order valence-electron chi connectivity index (χ2n) is 3.79. The molecule has 0 aliphatic carbocycles. The summed E-state index contributed by atoms with van der Waals surface area (Å²) in [4.78, 5) is 0. The molecule has 5 heteroatoms. The standard InChI is InChI=1S/C14H16N2O3.C2H6/c1-17-10-2-4-11(5-3-10)19-14-7-6-12(18-9-15)8-13(14)16;1-2/h2-8H,9,15-16H2,1H3;1-2H3. The Morgan fingerprint density at radius 2 is 1.48 bits per heavy atom. The molecule has 0 heterocycles. The molecule has 114 valence electrons. The molecule has 0 fully saturated rings. The third-order valence-electron chi connectivity index (χ3n) is 2.52. The molecule has 0 aromatic heterocycles. The van der Waals surface area contributed by atoms with Crippen LogP contribution in [0, 0.1) is 0 Å². The van der Waals surface area contributed by atoms with Gasteiger partial charge in [0.25, 0.3) is 0 Å². The van der Waals surface area contributed by atoms with E-state index in [2.05, 4.69) is 0 Å². The number of hydrogen-bond donors (Lipinski definition) is 2. The van der Waals surface area contributed by atoms with Crippen LogP contribution in [0.15, 0.2) is 42.5 Å². The Morgan fingerprint density at radius 3 is 2.00 bits per heavy atom. The van der Waals surface area contributed by atoms with Crippen molar-refractivity contribution in [1.82, 2.24) is 0 Å². The lowest BCUT2D eigenvalue weighted by Crippen LogP contribution is -2.07. The maximum Gasteiger partial charge on any atom is 0.150 e. The molecule has 2 aromatic carbocycles. The normalized spacial score (nSPS) is 9.33. The Hall–Kier alpha value is -2.40. The molecule has 0 radical (unpaired) electrons. The van der Waals surface area contributed by atoms with Crippen LogP contribution in [-0.4, -0.2) is 13.8 Å². The van der Waals surface area contributed by atoms with Crippen molar-refractivity contribution in [2.24, 2.45) is 5.73 Å². The van der Waals surface area contributed by atoms with E-state index in [9.17, 15) is 0 Å². The summed E-state index contributed by atoms with van der Waals surface area (Å²) in [5, 5.41) is 0. The highest BCUT2D eigenvalue weighted by molar-refractivity contribution is 5.57. The molecule has 0 saturated heterocycles. The number of nitrogen functional groups attached to an aromatic ring is 1.